The second-order valence-electron chi connectivity index (χ2n) is 4.65. The molecule has 0 saturated heterocycles. The summed E-state index contributed by atoms with van der Waals surface area (Å²) >= 11 is 0. The van der Waals surface area contributed by atoms with E-state index in [-0.39, 0.29) is 24.3 Å². The van der Waals surface area contributed by atoms with Gasteiger partial charge in [-0.3, -0.25) is 0 Å². The first-order chi connectivity index (χ1) is 9.58. The molecule has 1 aromatic heterocycles. The molecule has 0 bridgehead atoms. The monoisotopic (exact) mass is 274 g/mol. The molecule has 6 heteroatoms. The fourth-order valence-electron chi connectivity index (χ4n) is 1.87. The molecule has 106 valence electrons. The summed E-state index contributed by atoms with van der Waals surface area (Å²) in [6, 6.07) is 6.70. The molecule has 0 unspecified atom stereocenters. The van der Waals surface area contributed by atoms with Crippen LogP contribution in [0.25, 0.3) is 0 Å². The number of nitrogens with two attached hydrogens (primary N) is 1. The van der Waals surface area contributed by atoms with Crippen molar-refractivity contribution in [1.82, 2.24) is 9.97 Å². The number of anilines is 2. The number of nitrogens with one attached hydrogen (secondary N) is 1. The first-order valence-corrected chi connectivity index (χ1v) is 6.33. The van der Waals surface area contributed by atoms with Crippen LogP contribution in [0.15, 0.2) is 30.5 Å². The van der Waals surface area contributed by atoms with Gasteiger partial charge in [-0.2, -0.15) is 4.98 Å². The minimum atomic E-state index is -0.187. The van der Waals surface area contributed by atoms with Crippen LogP contribution in [0.2, 0.25) is 0 Å². The largest absolute Gasteiger partial charge is 0.508 e. The number of hydrogen-bond acceptors (Lipinski definition) is 6. The zero-order valence-corrected chi connectivity index (χ0v) is 11.2. The number of aliphatic hydroxyl groups is 1. The number of rotatable bonds is 5. The average molecular weight is 274 g/mol. The third kappa shape index (κ3) is 3.58. The Kier molecular flexibility index (Phi) is 4.37. The highest BCUT2D eigenvalue weighted by atomic mass is 16.3. The van der Waals surface area contributed by atoms with E-state index in [1.807, 2.05) is 19.1 Å². The zero-order valence-electron chi connectivity index (χ0n) is 11.2. The van der Waals surface area contributed by atoms with Crippen LogP contribution in [0, 0.1) is 6.92 Å². The van der Waals surface area contributed by atoms with Gasteiger partial charge in [0.1, 0.15) is 11.6 Å². The summed E-state index contributed by atoms with van der Waals surface area (Å²) in [6.45, 7) is 1.83. The topological polar surface area (TPSA) is 104 Å². The van der Waals surface area contributed by atoms with Crippen LogP contribution in [-0.4, -0.2) is 32.8 Å². The number of phenols is 1. The van der Waals surface area contributed by atoms with Gasteiger partial charge in [-0.25, -0.2) is 4.98 Å². The number of benzene rings is 1. The molecule has 1 heterocycles. The van der Waals surface area contributed by atoms with E-state index in [9.17, 15) is 10.2 Å². The first kappa shape index (κ1) is 14.1. The molecule has 0 saturated carbocycles. The summed E-state index contributed by atoms with van der Waals surface area (Å²) in [4.78, 5) is 8.02. The SMILES string of the molecule is Cc1cnc(N)nc1N[C@@H](CO)Cc1ccc(O)cc1. The molecule has 0 amide bonds. The predicted octanol–water partition coefficient (Wildman–Crippen LogP) is 1.09. The molecule has 0 radical (unpaired) electrons. The second-order valence-corrected chi connectivity index (χ2v) is 4.65. The molecule has 0 spiro atoms. The van der Waals surface area contributed by atoms with Crippen molar-refractivity contribution >= 4 is 11.8 Å². The lowest BCUT2D eigenvalue weighted by Crippen LogP contribution is -2.27. The highest BCUT2D eigenvalue weighted by Crippen LogP contribution is 2.15. The van der Waals surface area contributed by atoms with Gasteiger partial charge < -0.3 is 21.3 Å². The van der Waals surface area contributed by atoms with Gasteiger partial charge in [0.15, 0.2) is 0 Å². The standard InChI is InChI=1S/C14H18N4O2/c1-9-7-16-14(15)18-13(9)17-11(8-19)6-10-2-4-12(20)5-3-10/h2-5,7,11,19-20H,6,8H2,1H3,(H3,15,16,17,18)/t11-/m1/s1. The average Bonchev–Trinajstić information content (AvgIpc) is 2.44. The van der Waals surface area contributed by atoms with Crippen molar-refractivity contribution in [3.05, 3.63) is 41.6 Å². The molecule has 2 rings (SSSR count). The summed E-state index contributed by atoms with van der Waals surface area (Å²) in [5.74, 6) is 1.04. The molecule has 1 atom stereocenters. The van der Waals surface area contributed by atoms with Gasteiger partial charge >= 0.3 is 0 Å². The second kappa shape index (κ2) is 6.21. The summed E-state index contributed by atoms with van der Waals surface area (Å²) in [7, 11) is 0. The van der Waals surface area contributed by atoms with E-state index in [1.165, 1.54) is 0 Å². The van der Waals surface area contributed by atoms with Gasteiger partial charge in [-0.15, -0.1) is 0 Å². The molecule has 20 heavy (non-hydrogen) atoms. The van der Waals surface area contributed by atoms with Crippen molar-refractivity contribution in [3.8, 4) is 5.75 Å². The van der Waals surface area contributed by atoms with Gasteiger partial charge in [0.05, 0.1) is 12.6 Å². The molecule has 2 aromatic rings. The van der Waals surface area contributed by atoms with Crippen molar-refractivity contribution in [1.29, 1.82) is 0 Å². The Labute approximate surface area is 117 Å². The maximum absolute atomic E-state index is 9.48. The number of nitrogens with zero attached hydrogens (tertiary/aromatic N) is 2. The smallest absolute Gasteiger partial charge is 0.221 e. The van der Waals surface area contributed by atoms with Gasteiger partial charge in [-0.05, 0) is 31.0 Å². The van der Waals surface area contributed by atoms with E-state index in [2.05, 4.69) is 15.3 Å². The van der Waals surface area contributed by atoms with E-state index in [0.29, 0.717) is 12.2 Å². The van der Waals surface area contributed by atoms with E-state index in [1.54, 1.807) is 18.3 Å². The number of hydrogen-bond donors (Lipinski definition) is 4. The number of aliphatic hydroxyl groups excluding tert-OH is 1. The molecular weight excluding hydrogens is 256 g/mol. The predicted molar refractivity (Wildman–Crippen MR) is 77.5 cm³/mol. The fourth-order valence-corrected chi connectivity index (χ4v) is 1.87. The number of aromatic nitrogens is 2. The number of nitrogen functional groups attached to an aromatic ring is 1. The van der Waals surface area contributed by atoms with Gasteiger partial charge in [-0.1, -0.05) is 12.1 Å². The Morgan fingerprint density at radius 1 is 1.30 bits per heavy atom. The van der Waals surface area contributed by atoms with Crippen LogP contribution in [0.5, 0.6) is 5.75 Å². The summed E-state index contributed by atoms with van der Waals surface area (Å²) in [6.07, 6.45) is 2.25. The van der Waals surface area contributed by atoms with Gasteiger partial charge in [0.2, 0.25) is 5.95 Å². The number of aromatic hydroxyl groups is 1. The maximum atomic E-state index is 9.48. The van der Waals surface area contributed by atoms with E-state index in [4.69, 9.17) is 5.73 Å². The molecule has 0 fully saturated rings. The lowest BCUT2D eigenvalue weighted by atomic mass is 10.1. The highest BCUT2D eigenvalue weighted by Gasteiger charge is 2.11. The molecule has 0 aliphatic rings. The van der Waals surface area contributed by atoms with E-state index < -0.39 is 0 Å². The molecule has 0 aliphatic carbocycles. The Balaban J connectivity index is 2.08. The van der Waals surface area contributed by atoms with Crippen LogP contribution >= 0.6 is 0 Å². The van der Waals surface area contributed by atoms with Crippen LogP contribution < -0.4 is 11.1 Å². The Hall–Kier alpha value is -2.34. The van der Waals surface area contributed by atoms with Crippen LogP contribution in [0.4, 0.5) is 11.8 Å². The van der Waals surface area contributed by atoms with Crippen molar-refractivity contribution < 1.29 is 10.2 Å². The van der Waals surface area contributed by atoms with Crippen LogP contribution in [-0.2, 0) is 6.42 Å². The lowest BCUT2D eigenvalue weighted by Gasteiger charge is -2.18. The first-order valence-electron chi connectivity index (χ1n) is 6.33. The fraction of sp³-hybridized carbons (Fsp3) is 0.286. The van der Waals surface area contributed by atoms with Gasteiger partial charge in [0.25, 0.3) is 0 Å². The molecule has 5 N–H and O–H groups in total. The normalized spacial score (nSPS) is 12.1. The van der Waals surface area contributed by atoms with E-state index in [0.717, 1.165) is 11.1 Å². The summed E-state index contributed by atoms with van der Waals surface area (Å²) < 4.78 is 0. The highest BCUT2D eigenvalue weighted by molar-refractivity contribution is 5.46. The molecule has 6 nitrogen and oxygen atoms in total. The zero-order chi connectivity index (χ0) is 14.5. The van der Waals surface area contributed by atoms with E-state index >= 15 is 0 Å². The number of phenolic OH excluding ortho intramolecular Hbond substituents is 1. The van der Waals surface area contributed by atoms with Crippen molar-refractivity contribution in [2.24, 2.45) is 0 Å². The van der Waals surface area contributed by atoms with Crippen molar-refractivity contribution in [2.75, 3.05) is 17.7 Å². The molecule has 1 aromatic carbocycles. The Bertz CT molecular complexity index is 572. The molecular formula is C14H18N4O2. The quantitative estimate of drug-likeness (QED) is 0.650. The summed E-state index contributed by atoms with van der Waals surface area (Å²) in [5, 5.41) is 21.9. The maximum Gasteiger partial charge on any atom is 0.221 e. The minimum Gasteiger partial charge on any atom is -0.508 e. The van der Waals surface area contributed by atoms with Crippen LogP contribution in [0.1, 0.15) is 11.1 Å². The van der Waals surface area contributed by atoms with Crippen molar-refractivity contribution in [3.63, 3.8) is 0 Å². The third-order valence-electron chi connectivity index (χ3n) is 2.97. The Morgan fingerprint density at radius 2 is 2.00 bits per heavy atom. The van der Waals surface area contributed by atoms with Crippen LogP contribution in [0.3, 0.4) is 0 Å². The third-order valence-corrected chi connectivity index (χ3v) is 2.97. The number of aryl methyl sites for hydroxylation is 1. The van der Waals surface area contributed by atoms with Crippen molar-refractivity contribution in [2.45, 2.75) is 19.4 Å². The van der Waals surface area contributed by atoms with Gasteiger partial charge in [0, 0.05) is 11.8 Å². The minimum absolute atomic E-state index is 0.0375. The summed E-state index contributed by atoms with van der Waals surface area (Å²) in [5.41, 5.74) is 7.43. The Morgan fingerprint density at radius 3 is 2.65 bits per heavy atom. The molecule has 0 aliphatic heterocycles. The lowest BCUT2D eigenvalue weighted by molar-refractivity contribution is 0.273.